The van der Waals surface area contributed by atoms with E-state index < -0.39 is 35.9 Å². The van der Waals surface area contributed by atoms with E-state index >= 15 is 0 Å². The molecule has 1 unspecified atom stereocenters. The minimum absolute atomic E-state index is 0.0728. The first-order chi connectivity index (χ1) is 14.3. The molecule has 0 aromatic heterocycles. The predicted molar refractivity (Wildman–Crippen MR) is 109 cm³/mol. The van der Waals surface area contributed by atoms with Gasteiger partial charge in [0.2, 0.25) is 0 Å². The second-order valence-corrected chi connectivity index (χ2v) is 7.47. The molecule has 2 aromatic rings. The second-order valence-electron chi connectivity index (χ2n) is 7.47. The van der Waals surface area contributed by atoms with E-state index in [1.165, 1.54) is 18.2 Å². The van der Waals surface area contributed by atoms with Crippen LogP contribution in [0.2, 0.25) is 0 Å². The van der Waals surface area contributed by atoms with Crippen LogP contribution in [0.1, 0.15) is 31.0 Å². The Morgan fingerprint density at radius 2 is 1.80 bits per heavy atom. The molecule has 1 amide bonds. The third kappa shape index (κ3) is 4.21. The van der Waals surface area contributed by atoms with Gasteiger partial charge in [-0.05, 0) is 36.2 Å². The molecule has 1 aliphatic rings. The van der Waals surface area contributed by atoms with Gasteiger partial charge in [0.25, 0.3) is 11.7 Å². The lowest BCUT2D eigenvalue weighted by Crippen LogP contribution is -2.32. The molecule has 3 rings (SSSR count). The van der Waals surface area contributed by atoms with Crippen LogP contribution in [0, 0.1) is 11.7 Å². The van der Waals surface area contributed by atoms with Crippen LogP contribution < -0.4 is 4.74 Å². The number of benzene rings is 2. The molecule has 0 radical (unpaired) electrons. The van der Waals surface area contributed by atoms with Crippen molar-refractivity contribution in [3.63, 3.8) is 0 Å². The number of aliphatic hydroxyl groups is 2. The van der Waals surface area contributed by atoms with Crippen molar-refractivity contribution in [3.8, 4) is 5.75 Å². The van der Waals surface area contributed by atoms with Crippen molar-refractivity contribution in [2.24, 2.45) is 5.92 Å². The van der Waals surface area contributed by atoms with Gasteiger partial charge < -0.3 is 19.8 Å². The number of carbonyl (C=O) groups is 2. The zero-order valence-corrected chi connectivity index (χ0v) is 16.8. The fourth-order valence-electron chi connectivity index (χ4n) is 3.37. The lowest BCUT2D eigenvalue weighted by atomic mass is 9.95. The Morgan fingerprint density at radius 1 is 1.13 bits per heavy atom. The van der Waals surface area contributed by atoms with E-state index in [1.807, 2.05) is 13.8 Å². The van der Waals surface area contributed by atoms with Gasteiger partial charge in [-0.3, -0.25) is 9.59 Å². The van der Waals surface area contributed by atoms with Gasteiger partial charge in [-0.2, -0.15) is 0 Å². The van der Waals surface area contributed by atoms with Crippen LogP contribution in [0.3, 0.4) is 0 Å². The minimum Gasteiger partial charge on any atom is -0.507 e. The van der Waals surface area contributed by atoms with E-state index in [1.54, 1.807) is 30.3 Å². The average molecular weight is 413 g/mol. The van der Waals surface area contributed by atoms with Crippen molar-refractivity contribution in [1.82, 2.24) is 4.90 Å². The van der Waals surface area contributed by atoms with Crippen LogP contribution in [0.25, 0.3) is 5.76 Å². The Labute approximate surface area is 174 Å². The molecular weight excluding hydrogens is 389 g/mol. The Morgan fingerprint density at radius 3 is 2.40 bits per heavy atom. The molecule has 0 spiro atoms. The maximum Gasteiger partial charge on any atom is 0.295 e. The van der Waals surface area contributed by atoms with Crippen molar-refractivity contribution < 1.29 is 28.9 Å². The summed E-state index contributed by atoms with van der Waals surface area (Å²) in [5.41, 5.74) is 0.160. The van der Waals surface area contributed by atoms with Crippen molar-refractivity contribution in [1.29, 1.82) is 0 Å². The molecule has 2 aromatic carbocycles. The second kappa shape index (κ2) is 9.09. The lowest BCUT2D eigenvalue weighted by molar-refractivity contribution is -0.140. The molecule has 2 N–H and O–H groups in total. The van der Waals surface area contributed by atoms with Gasteiger partial charge in [0.05, 0.1) is 24.8 Å². The number of ether oxygens (including phenoxy) is 1. The van der Waals surface area contributed by atoms with Gasteiger partial charge >= 0.3 is 0 Å². The van der Waals surface area contributed by atoms with E-state index in [4.69, 9.17) is 4.74 Å². The fourth-order valence-corrected chi connectivity index (χ4v) is 3.37. The fraction of sp³-hybridized carbons (Fsp3) is 0.304. The number of halogens is 1. The first-order valence-electron chi connectivity index (χ1n) is 9.72. The summed E-state index contributed by atoms with van der Waals surface area (Å²) >= 11 is 0. The summed E-state index contributed by atoms with van der Waals surface area (Å²) in [6.45, 7) is 4.01. The highest BCUT2D eigenvalue weighted by molar-refractivity contribution is 6.46. The van der Waals surface area contributed by atoms with Gasteiger partial charge in [-0.25, -0.2) is 4.39 Å². The Bertz CT molecular complexity index is 968. The summed E-state index contributed by atoms with van der Waals surface area (Å²) in [5.74, 6) is -1.88. The van der Waals surface area contributed by atoms with E-state index in [2.05, 4.69) is 0 Å². The Balaban J connectivity index is 2.05. The average Bonchev–Trinajstić information content (AvgIpc) is 2.97. The molecule has 1 atom stereocenters. The molecule has 6 nitrogen and oxygen atoms in total. The predicted octanol–water partition coefficient (Wildman–Crippen LogP) is 3.27. The van der Waals surface area contributed by atoms with E-state index in [9.17, 15) is 24.2 Å². The largest absolute Gasteiger partial charge is 0.507 e. The number of ketones is 1. The van der Waals surface area contributed by atoms with Crippen molar-refractivity contribution in [2.45, 2.75) is 19.9 Å². The summed E-state index contributed by atoms with van der Waals surface area (Å²) < 4.78 is 20.1. The molecule has 1 saturated heterocycles. The Hall–Kier alpha value is -3.19. The van der Waals surface area contributed by atoms with Gasteiger partial charge in [-0.1, -0.05) is 32.0 Å². The zero-order chi connectivity index (χ0) is 21.8. The quantitative estimate of drug-likeness (QED) is 0.413. The maximum absolute atomic E-state index is 14.5. The summed E-state index contributed by atoms with van der Waals surface area (Å²) in [6.07, 6.45) is 0. The molecule has 0 saturated carbocycles. The minimum atomic E-state index is -1.13. The highest BCUT2D eigenvalue weighted by Gasteiger charge is 2.46. The van der Waals surface area contributed by atoms with Crippen LogP contribution in [0.15, 0.2) is 54.1 Å². The summed E-state index contributed by atoms with van der Waals surface area (Å²) in [4.78, 5) is 26.3. The number of aliphatic hydroxyl groups excluding tert-OH is 2. The number of Topliss-reactive ketones (excluding diaryl/α,β-unsaturated/α-hetero) is 1. The van der Waals surface area contributed by atoms with E-state index in [0.29, 0.717) is 23.8 Å². The highest BCUT2D eigenvalue weighted by Crippen LogP contribution is 2.40. The summed E-state index contributed by atoms with van der Waals surface area (Å²) in [6, 6.07) is 11.1. The van der Waals surface area contributed by atoms with E-state index in [0.717, 1.165) is 4.90 Å². The third-order valence-electron chi connectivity index (χ3n) is 4.79. The monoisotopic (exact) mass is 413 g/mol. The standard InChI is InChI=1S/C23H24FNO5/c1-14(2)13-30-16-9-7-15(8-10-16)21(27)19-20(17-5-3-4-6-18(17)24)25(11-12-26)23(29)22(19)28/h3-10,14,20,26-27H,11-13H2,1-2H3/b21-19+. The van der Waals surface area contributed by atoms with Crippen molar-refractivity contribution in [3.05, 3.63) is 71.0 Å². The number of hydrogen-bond donors (Lipinski definition) is 2. The number of amides is 1. The third-order valence-corrected chi connectivity index (χ3v) is 4.79. The number of β-amino-alcohol motifs (C(OH)–C–C–N with tert-alkyl or cyclic N) is 1. The summed E-state index contributed by atoms with van der Waals surface area (Å²) in [7, 11) is 0. The smallest absolute Gasteiger partial charge is 0.295 e. The maximum atomic E-state index is 14.5. The van der Waals surface area contributed by atoms with Crippen LogP contribution in [-0.4, -0.2) is 46.6 Å². The van der Waals surface area contributed by atoms with Crippen LogP contribution in [0.4, 0.5) is 4.39 Å². The van der Waals surface area contributed by atoms with Gasteiger partial charge in [0.15, 0.2) is 0 Å². The molecular formula is C23H24FNO5. The molecule has 1 aliphatic heterocycles. The van der Waals surface area contributed by atoms with Crippen molar-refractivity contribution >= 4 is 17.4 Å². The molecule has 0 bridgehead atoms. The number of carbonyl (C=O) groups excluding carboxylic acids is 2. The normalized spacial score (nSPS) is 18.3. The van der Waals surface area contributed by atoms with Gasteiger partial charge in [0.1, 0.15) is 17.3 Å². The number of likely N-dealkylation sites (tertiary alicyclic amines) is 1. The molecule has 1 heterocycles. The van der Waals surface area contributed by atoms with Crippen LogP contribution in [-0.2, 0) is 9.59 Å². The SMILES string of the molecule is CC(C)COc1ccc(/C(O)=C2\C(=O)C(=O)N(CCO)C2c2ccccc2F)cc1. The molecule has 30 heavy (non-hydrogen) atoms. The molecule has 0 aliphatic carbocycles. The topological polar surface area (TPSA) is 87.1 Å². The van der Waals surface area contributed by atoms with Crippen LogP contribution in [0.5, 0.6) is 5.75 Å². The van der Waals surface area contributed by atoms with Gasteiger partial charge in [-0.15, -0.1) is 0 Å². The zero-order valence-electron chi connectivity index (χ0n) is 16.8. The number of rotatable bonds is 7. The molecule has 1 fully saturated rings. The summed E-state index contributed by atoms with van der Waals surface area (Å²) in [5, 5.41) is 20.2. The Kier molecular flexibility index (Phi) is 6.52. The van der Waals surface area contributed by atoms with E-state index in [-0.39, 0.29) is 17.7 Å². The number of nitrogens with zero attached hydrogens (tertiary/aromatic N) is 1. The van der Waals surface area contributed by atoms with Gasteiger partial charge in [0, 0.05) is 17.7 Å². The molecule has 7 heteroatoms. The number of hydrogen-bond acceptors (Lipinski definition) is 5. The first kappa shape index (κ1) is 21.5. The highest BCUT2D eigenvalue weighted by atomic mass is 19.1. The first-order valence-corrected chi connectivity index (χ1v) is 9.72. The molecule has 158 valence electrons. The lowest BCUT2D eigenvalue weighted by Gasteiger charge is -2.24. The van der Waals surface area contributed by atoms with Crippen molar-refractivity contribution in [2.75, 3.05) is 19.8 Å². The van der Waals surface area contributed by atoms with Crippen LogP contribution >= 0.6 is 0 Å².